The van der Waals surface area contributed by atoms with Crippen molar-refractivity contribution in [2.24, 2.45) is 0 Å². The predicted molar refractivity (Wildman–Crippen MR) is 59.3 cm³/mol. The van der Waals surface area contributed by atoms with Crippen LogP contribution in [-0.4, -0.2) is 24.1 Å². The minimum absolute atomic E-state index is 0.0386. The van der Waals surface area contributed by atoms with Gasteiger partial charge in [-0.2, -0.15) is 0 Å². The molecule has 0 spiro atoms. The molecule has 2 N–H and O–H groups in total. The zero-order valence-electron chi connectivity index (χ0n) is 8.49. The summed E-state index contributed by atoms with van der Waals surface area (Å²) >= 11 is 5.78. The van der Waals surface area contributed by atoms with Gasteiger partial charge < -0.3 is 15.2 Å². The van der Waals surface area contributed by atoms with Gasteiger partial charge in [0.15, 0.2) is 0 Å². The van der Waals surface area contributed by atoms with Crippen LogP contribution in [0.15, 0.2) is 12.1 Å². The fraction of sp³-hybridized carbons (Fsp3) is 0.200. The van der Waals surface area contributed by atoms with Crippen LogP contribution in [0.25, 0.3) is 0 Å². The lowest BCUT2D eigenvalue weighted by molar-refractivity contribution is -0.105. The Morgan fingerprint density at radius 2 is 2.31 bits per heavy atom. The fourth-order valence-electron chi connectivity index (χ4n) is 1.17. The smallest absolute Gasteiger partial charge is 0.339 e. The number of hydrogen-bond acceptors (Lipinski definition) is 3. The first kappa shape index (κ1) is 12.3. The molecule has 0 aliphatic carbocycles. The number of anilines is 1. The molecular formula is C10H10ClNO4. The number of benzene rings is 1. The van der Waals surface area contributed by atoms with E-state index in [0.717, 1.165) is 0 Å². The van der Waals surface area contributed by atoms with E-state index in [9.17, 15) is 9.59 Å². The molecule has 0 atom stereocenters. The molecule has 86 valence electrons. The van der Waals surface area contributed by atoms with Crippen molar-refractivity contribution in [1.29, 1.82) is 0 Å². The highest BCUT2D eigenvalue weighted by molar-refractivity contribution is 6.34. The maximum absolute atomic E-state index is 10.9. The topological polar surface area (TPSA) is 75.6 Å². The van der Waals surface area contributed by atoms with Crippen molar-refractivity contribution in [2.45, 2.75) is 6.92 Å². The molecular weight excluding hydrogens is 234 g/mol. The Kier molecular flexibility index (Phi) is 4.13. The van der Waals surface area contributed by atoms with Crippen LogP contribution in [-0.2, 0) is 4.79 Å². The molecule has 1 amide bonds. The highest BCUT2D eigenvalue weighted by Crippen LogP contribution is 2.30. The fourth-order valence-corrected chi connectivity index (χ4v) is 1.39. The molecule has 0 aliphatic heterocycles. The predicted octanol–water partition coefficient (Wildman–Crippen LogP) is 2.01. The molecule has 6 heteroatoms. The van der Waals surface area contributed by atoms with Crippen molar-refractivity contribution in [3.05, 3.63) is 22.7 Å². The number of carboxylic acids is 1. The molecule has 0 aromatic heterocycles. The first-order valence-corrected chi connectivity index (χ1v) is 4.87. The summed E-state index contributed by atoms with van der Waals surface area (Å²) in [6.07, 6.45) is 0.456. The number of hydrogen-bond donors (Lipinski definition) is 2. The normalized spacial score (nSPS) is 9.62. The van der Waals surface area contributed by atoms with Gasteiger partial charge in [-0.25, -0.2) is 4.79 Å². The summed E-state index contributed by atoms with van der Waals surface area (Å²) < 4.78 is 5.14. The molecule has 0 saturated carbocycles. The Bertz CT molecular complexity index is 420. The van der Waals surface area contributed by atoms with E-state index in [1.165, 1.54) is 12.1 Å². The molecule has 1 aromatic carbocycles. The second-order valence-electron chi connectivity index (χ2n) is 2.83. The van der Waals surface area contributed by atoms with Crippen LogP contribution in [0, 0.1) is 0 Å². The Morgan fingerprint density at radius 3 is 2.81 bits per heavy atom. The van der Waals surface area contributed by atoms with Gasteiger partial charge in [-0.15, -0.1) is 0 Å². The Balaban J connectivity index is 3.24. The van der Waals surface area contributed by atoms with E-state index < -0.39 is 5.97 Å². The lowest BCUT2D eigenvalue weighted by Crippen LogP contribution is -2.05. The number of rotatable bonds is 5. The first-order valence-electron chi connectivity index (χ1n) is 4.50. The molecule has 1 aromatic rings. The van der Waals surface area contributed by atoms with Gasteiger partial charge in [-0.1, -0.05) is 11.6 Å². The number of amides is 1. The summed E-state index contributed by atoms with van der Waals surface area (Å²) in [6, 6.07) is 2.62. The number of halogens is 1. The number of carbonyl (C=O) groups is 2. The molecule has 0 bridgehead atoms. The van der Waals surface area contributed by atoms with Gasteiger partial charge in [0, 0.05) is 6.07 Å². The molecule has 0 unspecified atom stereocenters. The maximum Gasteiger partial charge on any atom is 0.339 e. The molecule has 0 aliphatic rings. The average Bonchev–Trinajstić information content (AvgIpc) is 2.23. The zero-order chi connectivity index (χ0) is 12.1. The molecule has 0 heterocycles. The van der Waals surface area contributed by atoms with Crippen molar-refractivity contribution in [3.63, 3.8) is 0 Å². The van der Waals surface area contributed by atoms with Gasteiger partial charge in [0.2, 0.25) is 6.41 Å². The van der Waals surface area contributed by atoms with Crippen molar-refractivity contribution in [2.75, 3.05) is 11.9 Å². The highest BCUT2D eigenvalue weighted by Gasteiger charge is 2.14. The van der Waals surface area contributed by atoms with E-state index in [4.69, 9.17) is 21.4 Å². The average molecular weight is 244 g/mol. The van der Waals surface area contributed by atoms with Crippen molar-refractivity contribution in [1.82, 2.24) is 0 Å². The van der Waals surface area contributed by atoms with Crippen molar-refractivity contribution >= 4 is 29.7 Å². The van der Waals surface area contributed by atoms with E-state index in [1.54, 1.807) is 6.92 Å². The minimum atomic E-state index is -1.14. The van der Waals surface area contributed by atoms with Crippen LogP contribution >= 0.6 is 11.6 Å². The van der Waals surface area contributed by atoms with Crippen LogP contribution in [0.1, 0.15) is 17.3 Å². The summed E-state index contributed by atoms with van der Waals surface area (Å²) in [4.78, 5) is 21.2. The summed E-state index contributed by atoms with van der Waals surface area (Å²) in [6.45, 7) is 2.05. The monoisotopic (exact) mass is 243 g/mol. The molecule has 0 radical (unpaired) electrons. The standard InChI is InChI=1S/C10H10ClNO4/c1-2-16-9-4-8(12-5-13)7(11)3-6(9)10(14)15/h3-5H,2H2,1H3,(H,12,13)(H,14,15). The van der Waals surface area contributed by atoms with E-state index >= 15 is 0 Å². The Hall–Kier alpha value is -1.75. The summed E-state index contributed by atoms with van der Waals surface area (Å²) in [5.74, 6) is -0.966. The van der Waals surface area contributed by atoms with Crippen LogP contribution < -0.4 is 10.1 Å². The summed E-state index contributed by atoms with van der Waals surface area (Å²) in [7, 11) is 0. The summed E-state index contributed by atoms with van der Waals surface area (Å²) in [5.41, 5.74) is 0.272. The van der Waals surface area contributed by atoms with E-state index in [-0.39, 0.29) is 16.3 Å². The molecule has 0 fully saturated rings. The number of carbonyl (C=O) groups excluding carboxylic acids is 1. The van der Waals surface area contributed by atoms with Gasteiger partial charge >= 0.3 is 5.97 Å². The van der Waals surface area contributed by atoms with Crippen LogP contribution in [0.3, 0.4) is 0 Å². The number of carboxylic acid groups (broad SMARTS) is 1. The molecule has 5 nitrogen and oxygen atoms in total. The van der Waals surface area contributed by atoms with Crippen LogP contribution in [0.2, 0.25) is 5.02 Å². The van der Waals surface area contributed by atoms with Gasteiger partial charge in [0.05, 0.1) is 17.3 Å². The third-order valence-electron chi connectivity index (χ3n) is 1.81. The number of aromatic carboxylic acids is 1. The lowest BCUT2D eigenvalue weighted by Gasteiger charge is -2.10. The zero-order valence-corrected chi connectivity index (χ0v) is 9.25. The third kappa shape index (κ3) is 2.64. The maximum atomic E-state index is 10.9. The van der Waals surface area contributed by atoms with Gasteiger partial charge in [0.25, 0.3) is 0 Å². The second kappa shape index (κ2) is 5.37. The third-order valence-corrected chi connectivity index (χ3v) is 2.13. The lowest BCUT2D eigenvalue weighted by atomic mass is 10.2. The highest BCUT2D eigenvalue weighted by atomic mass is 35.5. The van der Waals surface area contributed by atoms with Crippen LogP contribution in [0.4, 0.5) is 5.69 Å². The minimum Gasteiger partial charge on any atom is -0.493 e. The number of ether oxygens (including phenoxy) is 1. The molecule has 16 heavy (non-hydrogen) atoms. The Labute approximate surface area is 97.0 Å². The SMILES string of the molecule is CCOc1cc(NC=O)c(Cl)cc1C(=O)O. The van der Waals surface area contributed by atoms with E-state index in [2.05, 4.69) is 5.32 Å². The molecule has 0 saturated heterocycles. The van der Waals surface area contributed by atoms with Crippen molar-refractivity contribution < 1.29 is 19.4 Å². The molecule has 1 rings (SSSR count). The van der Waals surface area contributed by atoms with Gasteiger partial charge in [-0.05, 0) is 13.0 Å². The summed E-state index contributed by atoms with van der Waals surface area (Å²) in [5, 5.41) is 11.4. The van der Waals surface area contributed by atoms with Crippen molar-refractivity contribution in [3.8, 4) is 5.75 Å². The Morgan fingerprint density at radius 1 is 1.62 bits per heavy atom. The van der Waals surface area contributed by atoms with Crippen LogP contribution in [0.5, 0.6) is 5.75 Å². The quantitative estimate of drug-likeness (QED) is 0.776. The van der Waals surface area contributed by atoms with Gasteiger partial charge in [0.1, 0.15) is 11.3 Å². The van der Waals surface area contributed by atoms with E-state index in [1.807, 2.05) is 0 Å². The first-order chi connectivity index (χ1) is 7.60. The van der Waals surface area contributed by atoms with E-state index in [0.29, 0.717) is 18.7 Å². The number of nitrogens with one attached hydrogen (secondary N) is 1. The second-order valence-corrected chi connectivity index (χ2v) is 3.24. The largest absolute Gasteiger partial charge is 0.493 e. The van der Waals surface area contributed by atoms with Gasteiger partial charge in [-0.3, -0.25) is 4.79 Å².